The van der Waals surface area contributed by atoms with Crippen LogP contribution < -0.4 is 15.2 Å². The number of amides is 1. The van der Waals surface area contributed by atoms with E-state index in [1.54, 1.807) is 0 Å². The molecule has 0 heterocycles. The molecule has 0 radical (unpaired) electrons. The molecule has 2 aromatic carbocycles. The molecule has 0 atom stereocenters. The van der Waals surface area contributed by atoms with Crippen molar-refractivity contribution in [2.45, 2.75) is 4.90 Å². The Morgan fingerprint density at radius 3 is 2.54 bits per heavy atom. The summed E-state index contributed by atoms with van der Waals surface area (Å²) in [5.41, 5.74) is 0.0698. The van der Waals surface area contributed by atoms with Gasteiger partial charge in [-0.1, -0.05) is 6.07 Å². The van der Waals surface area contributed by atoms with Gasteiger partial charge in [-0.25, -0.2) is 22.7 Å². The van der Waals surface area contributed by atoms with E-state index in [1.807, 2.05) is 0 Å². The second kappa shape index (κ2) is 7.93. The van der Waals surface area contributed by atoms with Gasteiger partial charge in [0.2, 0.25) is 10.0 Å². The maximum absolute atomic E-state index is 13.6. The fourth-order valence-electron chi connectivity index (χ4n) is 1.96. The molecule has 0 aliphatic rings. The Balaban J connectivity index is 1.96. The van der Waals surface area contributed by atoms with Crippen LogP contribution in [0.3, 0.4) is 0 Å². The van der Waals surface area contributed by atoms with Crippen molar-refractivity contribution < 1.29 is 31.9 Å². The molecule has 0 aliphatic heterocycles. The van der Waals surface area contributed by atoms with Crippen molar-refractivity contribution in [1.29, 1.82) is 0 Å². The summed E-state index contributed by atoms with van der Waals surface area (Å²) in [6.07, 6.45) is 0. The van der Waals surface area contributed by atoms with Gasteiger partial charge in [0.15, 0.2) is 18.2 Å². The minimum Gasteiger partial charge on any atom is -0.494 e. The van der Waals surface area contributed by atoms with Crippen LogP contribution in [0.2, 0.25) is 0 Å². The molecule has 138 valence electrons. The number of carbonyl (C=O) groups is 2. The first-order chi connectivity index (χ1) is 12.2. The fourth-order valence-corrected chi connectivity index (χ4v) is 2.52. The van der Waals surface area contributed by atoms with Crippen LogP contribution in [0.15, 0.2) is 47.4 Å². The zero-order valence-electron chi connectivity index (χ0n) is 13.6. The topological polar surface area (TPSA) is 125 Å². The number of hydrogen-bond donors (Lipinski definition) is 2. The van der Waals surface area contributed by atoms with Crippen molar-refractivity contribution in [1.82, 2.24) is 0 Å². The molecule has 0 aromatic heterocycles. The number of nitrogens with two attached hydrogens (primary N) is 1. The molecule has 1 amide bonds. The monoisotopic (exact) mass is 382 g/mol. The van der Waals surface area contributed by atoms with Gasteiger partial charge in [-0.15, -0.1) is 0 Å². The van der Waals surface area contributed by atoms with E-state index in [-0.39, 0.29) is 21.9 Å². The Morgan fingerprint density at radius 2 is 1.92 bits per heavy atom. The number of benzene rings is 2. The molecule has 10 heteroatoms. The van der Waals surface area contributed by atoms with Crippen LogP contribution >= 0.6 is 0 Å². The Labute approximate surface area is 148 Å². The highest BCUT2D eigenvalue weighted by molar-refractivity contribution is 7.89. The Bertz CT molecular complexity index is 946. The number of hydrogen-bond acceptors (Lipinski definition) is 6. The number of sulfonamides is 1. The van der Waals surface area contributed by atoms with E-state index >= 15 is 0 Å². The van der Waals surface area contributed by atoms with Crippen LogP contribution in [0.25, 0.3) is 0 Å². The summed E-state index contributed by atoms with van der Waals surface area (Å²) >= 11 is 0. The Kier molecular flexibility index (Phi) is 5.90. The smallest absolute Gasteiger partial charge is 0.338 e. The predicted octanol–water partition coefficient (Wildman–Crippen LogP) is 1.28. The number of nitrogens with one attached hydrogen (secondary N) is 1. The molecule has 0 fully saturated rings. The molecule has 2 rings (SSSR count). The lowest BCUT2D eigenvalue weighted by atomic mass is 10.2. The second-order valence-corrected chi connectivity index (χ2v) is 6.61. The standard InChI is InChI=1S/C16H15FN2O6S/c1-24-14-6-5-10(7-13(14)17)16(21)25-9-15(20)19-11-3-2-4-12(8-11)26(18,22)23/h2-8H,9H2,1H3,(H,19,20)(H2,18,22,23). The lowest BCUT2D eigenvalue weighted by molar-refractivity contribution is -0.119. The molecule has 3 N–H and O–H groups in total. The first-order valence-electron chi connectivity index (χ1n) is 7.14. The highest BCUT2D eigenvalue weighted by Crippen LogP contribution is 2.18. The zero-order chi connectivity index (χ0) is 19.3. The van der Waals surface area contributed by atoms with Crippen LogP contribution in [0.1, 0.15) is 10.4 Å². The number of ether oxygens (including phenoxy) is 2. The first-order valence-corrected chi connectivity index (χ1v) is 8.68. The summed E-state index contributed by atoms with van der Waals surface area (Å²) in [5, 5.41) is 7.36. The molecule has 0 unspecified atom stereocenters. The SMILES string of the molecule is COc1ccc(C(=O)OCC(=O)Nc2cccc(S(N)(=O)=O)c2)cc1F. The van der Waals surface area contributed by atoms with Crippen molar-refractivity contribution in [2.24, 2.45) is 5.14 Å². The van der Waals surface area contributed by atoms with Gasteiger partial charge >= 0.3 is 5.97 Å². The molecule has 0 saturated heterocycles. The Morgan fingerprint density at radius 1 is 1.19 bits per heavy atom. The van der Waals surface area contributed by atoms with Gasteiger partial charge in [0.1, 0.15) is 0 Å². The van der Waals surface area contributed by atoms with Crippen molar-refractivity contribution in [3.63, 3.8) is 0 Å². The van der Waals surface area contributed by atoms with Crippen molar-refractivity contribution in [3.05, 3.63) is 53.8 Å². The van der Waals surface area contributed by atoms with E-state index in [4.69, 9.17) is 14.6 Å². The zero-order valence-corrected chi connectivity index (χ0v) is 14.4. The third-order valence-corrected chi connectivity index (χ3v) is 4.08. The quantitative estimate of drug-likeness (QED) is 0.725. The number of halogens is 1. The molecule has 0 aliphatic carbocycles. The summed E-state index contributed by atoms with van der Waals surface area (Å²) in [5.74, 6) is -2.39. The van der Waals surface area contributed by atoms with E-state index in [0.717, 1.165) is 12.1 Å². The van der Waals surface area contributed by atoms with Gasteiger partial charge in [0.25, 0.3) is 5.91 Å². The predicted molar refractivity (Wildman–Crippen MR) is 89.7 cm³/mol. The minimum absolute atomic E-state index is 0.0333. The highest BCUT2D eigenvalue weighted by Gasteiger charge is 2.14. The number of anilines is 1. The van der Waals surface area contributed by atoms with Crippen LogP contribution in [-0.4, -0.2) is 34.0 Å². The first kappa shape index (κ1) is 19.3. The summed E-state index contributed by atoms with van der Waals surface area (Å²) in [6, 6.07) is 8.73. The fraction of sp³-hybridized carbons (Fsp3) is 0.125. The highest BCUT2D eigenvalue weighted by atomic mass is 32.2. The molecule has 26 heavy (non-hydrogen) atoms. The molecular formula is C16H15FN2O6S. The van der Waals surface area contributed by atoms with Crippen LogP contribution in [0, 0.1) is 5.82 Å². The number of primary sulfonamides is 1. The van der Waals surface area contributed by atoms with Crippen molar-refractivity contribution in [2.75, 3.05) is 19.0 Å². The number of esters is 1. The lowest BCUT2D eigenvalue weighted by Gasteiger charge is -2.08. The van der Waals surface area contributed by atoms with E-state index in [9.17, 15) is 22.4 Å². The molecule has 8 nitrogen and oxygen atoms in total. The van der Waals surface area contributed by atoms with Crippen LogP contribution in [-0.2, 0) is 19.6 Å². The molecule has 0 saturated carbocycles. The second-order valence-electron chi connectivity index (χ2n) is 5.05. The number of methoxy groups -OCH3 is 1. The van der Waals surface area contributed by atoms with E-state index in [0.29, 0.717) is 0 Å². The Hall–Kier alpha value is -2.98. The van der Waals surface area contributed by atoms with Crippen molar-refractivity contribution in [3.8, 4) is 5.75 Å². The van der Waals surface area contributed by atoms with Crippen molar-refractivity contribution >= 4 is 27.6 Å². The largest absolute Gasteiger partial charge is 0.494 e. The summed E-state index contributed by atoms with van der Waals surface area (Å²) < 4.78 is 45.6. The van der Waals surface area contributed by atoms with Gasteiger partial charge in [-0.3, -0.25) is 4.79 Å². The average Bonchev–Trinajstić information content (AvgIpc) is 2.59. The van der Waals surface area contributed by atoms with Crippen LogP contribution in [0.5, 0.6) is 5.75 Å². The van der Waals surface area contributed by atoms with Gasteiger partial charge in [0.05, 0.1) is 17.6 Å². The number of rotatable bonds is 6. The molecule has 2 aromatic rings. The summed E-state index contributed by atoms with van der Waals surface area (Å²) in [7, 11) is -2.63. The lowest BCUT2D eigenvalue weighted by Crippen LogP contribution is -2.21. The van der Waals surface area contributed by atoms with Gasteiger partial charge in [-0.2, -0.15) is 0 Å². The molecule has 0 bridgehead atoms. The number of carbonyl (C=O) groups excluding carboxylic acids is 2. The maximum Gasteiger partial charge on any atom is 0.338 e. The van der Waals surface area contributed by atoms with E-state index < -0.39 is 34.3 Å². The van der Waals surface area contributed by atoms with Crippen LogP contribution in [0.4, 0.5) is 10.1 Å². The van der Waals surface area contributed by atoms with E-state index in [1.165, 1.54) is 37.4 Å². The van der Waals surface area contributed by atoms with Gasteiger partial charge in [-0.05, 0) is 36.4 Å². The third-order valence-electron chi connectivity index (χ3n) is 3.17. The third kappa shape index (κ3) is 5.01. The van der Waals surface area contributed by atoms with Gasteiger partial charge < -0.3 is 14.8 Å². The normalized spacial score (nSPS) is 10.9. The van der Waals surface area contributed by atoms with Gasteiger partial charge in [0, 0.05) is 5.69 Å². The minimum atomic E-state index is -3.92. The van der Waals surface area contributed by atoms with E-state index in [2.05, 4.69) is 5.32 Å². The average molecular weight is 382 g/mol. The molecular weight excluding hydrogens is 367 g/mol. The summed E-state index contributed by atoms with van der Waals surface area (Å²) in [4.78, 5) is 23.5. The summed E-state index contributed by atoms with van der Waals surface area (Å²) in [6.45, 7) is -0.647. The maximum atomic E-state index is 13.6. The molecule has 0 spiro atoms.